The van der Waals surface area contributed by atoms with E-state index in [2.05, 4.69) is 13.8 Å². The third-order valence-electron chi connectivity index (χ3n) is 1.68. The second kappa shape index (κ2) is 6.39. The second-order valence-electron chi connectivity index (χ2n) is 4.60. The van der Waals surface area contributed by atoms with E-state index in [0.29, 0.717) is 0 Å². The SMILES string of the molecule is CCCCCC(C)OOC(C)(C)C. The molecule has 0 fully saturated rings. The fourth-order valence-corrected chi connectivity index (χ4v) is 0.956. The first kappa shape index (κ1) is 12.9. The van der Waals surface area contributed by atoms with Gasteiger partial charge in [-0.2, -0.15) is 0 Å². The summed E-state index contributed by atoms with van der Waals surface area (Å²) in [5, 5.41) is 0. The van der Waals surface area contributed by atoms with Crippen LogP contribution in [0.4, 0.5) is 0 Å². The molecule has 0 aromatic heterocycles. The molecule has 0 aliphatic carbocycles. The molecule has 1 atom stereocenters. The Bertz CT molecular complexity index is 116. The summed E-state index contributed by atoms with van der Waals surface area (Å²) in [5.74, 6) is 0. The molecule has 0 aromatic carbocycles. The Morgan fingerprint density at radius 3 is 2.23 bits per heavy atom. The summed E-state index contributed by atoms with van der Waals surface area (Å²) in [6.45, 7) is 10.2. The maximum Gasteiger partial charge on any atom is 0.0952 e. The van der Waals surface area contributed by atoms with Gasteiger partial charge in [0.05, 0.1) is 11.7 Å². The van der Waals surface area contributed by atoms with Crippen molar-refractivity contribution >= 4 is 0 Å². The second-order valence-corrected chi connectivity index (χ2v) is 4.60. The van der Waals surface area contributed by atoms with Gasteiger partial charge < -0.3 is 0 Å². The predicted octanol–water partition coefficient (Wildman–Crippen LogP) is 3.70. The van der Waals surface area contributed by atoms with Gasteiger partial charge in [-0.1, -0.05) is 26.2 Å². The van der Waals surface area contributed by atoms with Crippen molar-refractivity contribution in [1.82, 2.24) is 0 Å². The fourth-order valence-electron chi connectivity index (χ4n) is 0.956. The fraction of sp³-hybridized carbons (Fsp3) is 1.00. The molecule has 0 saturated heterocycles. The van der Waals surface area contributed by atoms with Crippen LogP contribution in [0.15, 0.2) is 0 Å². The molecule has 0 aromatic rings. The van der Waals surface area contributed by atoms with Crippen LogP contribution in [0.3, 0.4) is 0 Å². The molecule has 0 aliphatic heterocycles. The van der Waals surface area contributed by atoms with Gasteiger partial charge in [0.2, 0.25) is 0 Å². The average molecular weight is 188 g/mol. The zero-order valence-corrected chi connectivity index (χ0v) is 9.72. The van der Waals surface area contributed by atoms with Crippen molar-refractivity contribution in [2.45, 2.75) is 72.0 Å². The average Bonchev–Trinajstić information content (AvgIpc) is 2.00. The maximum absolute atomic E-state index is 5.25. The van der Waals surface area contributed by atoms with Crippen molar-refractivity contribution < 1.29 is 9.78 Å². The molecule has 2 heteroatoms. The van der Waals surface area contributed by atoms with Gasteiger partial charge in [0.15, 0.2) is 0 Å². The molecule has 1 unspecified atom stereocenters. The van der Waals surface area contributed by atoms with Gasteiger partial charge in [-0.15, -0.1) is 0 Å². The third-order valence-corrected chi connectivity index (χ3v) is 1.68. The van der Waals surface area contributed by atoms with Gasteiger partial charge in [-0.05, 0) is 34.1 Å². The molecule has 0 radical (unpaired) electrons. The van der Waals surface area contributed by atoms with Crippen molar-refractivity contribution in [2.24, 2.45) is 0 Å². The van der Waals surface area contributed by atoms with E-state index in [-0.39, 0.29) is 11.7 Å². The summed E-state index contributed by atoms with van der Waals surface area (Å²) in [6, 6.07) is 0. The zero-order chi connectivity index (χ0) is 10.3. The van der Waals surface area contributed by atoms with Crippen LogP contribution in [0.5, 0.6) is 0 Å². The van der Waals surface area contributed by atoms with E-state index in [9.17, 15) is 0 Å². The molecule has 2 nitrogen and oxygen atoms in total. The largest absolute Gasteiger partial charge is 0.233 e. The highest BCUT2D eigenvalue weighted by atomic mass is 17.2. The minimum Gasteiger partial charge on any atom is -0.233 e. The normalized spacial score (nSPS) is 14.5. The van der Waals surface area contributed by atoms with Crippen LogP contribution in [0.2, 0.25) is 0 Å². The van der Waals surface area contributed by atoms with Gasteiger partial charge in [0.1, 0.15) is 0 Å². The lowest BCUT2D eigenvalue weighted by molar-refractivity contribution is -0.370. The standard InChI is InChI=1S/C11H24O2/c1-6-7-8-9-10(2)12-13-11(3,4)5/h10H,6-9H2,1-5H3. The smallest absolute Gasteiger partial charge is 0.0952 e. The van der Waals surface area contributed by atoms with E-state index in [4.69, 9.17) is 9.78 Å². The van der Waals surface area contributed by atoms with Crippen molar-refractivity contribution in [3.8, 4) is 0 Å². The molecule has 80 valence electrons. The van der Waals surface area contributed by atoms with E-state index in [1.165, 1.54) is 19.3 Å². The van der Waals surface area contributed by atoms with Crippen molar-refractivity contribution in [3.05, 3.63) is 0 Å². The first-order chi connectivity index (χ1) is 5.95. The summed E-state index contributed by atoms with van der Waals surface area (Å²) in [5.41, 5.74) is -0.195. The highest BCUT2D eigenvalue weighted by Gasteiger charge is 2.13. The molecule has 0 N–H and O–H groups in total. The third kappa shape index (κ3) is 9.84. The molecular weight excluding hydrogens is 164 g/mol. The zero-order valence-electron chi connectivity index (χ0n) is 9.72. The van der Waals surface area contributed by atoms with Gasteiger partial charge in [-0.25, -0.2) is 9.78 Å². The van der Waals surface area contributed by atoms with Crippen LogP contribution in [-0.2, 0) is 9.78 Å². The Morgan fingerprint density at radius 1 is 1.15 bits per heavy atom. The van der Waals surface area contributed by atoms with Crippen LogP contribution < -0.4 is 0 Å². The number of rotatable bonds is 6. The summed E-state index contributed by atoms with van der Waals surface area (Å²) < 4.78 is 0. The van der Waals surface area contributed by atoms with E-state index in [1.54, 1.807) is 0 Å². The van der Waals surface area contributed by atoms with E-state index in [0.717, 1.165) is 6.42 Å². The molecule has 0 aliphatic rings. The Balaban J connectivity index is 3.35. The van der Waals surface area contributed by atoms with Crippen LogP contribution in [0, 0.1) is 0 Å². The predicted molar refractivity (Wildman–Crippen MR) is 55.5 cm³/mol. The molecule has 0 bridgehead atoms. The molecule has 0 saturated carbocycles. The number of unbranched alkanes of at least 4 members (excludes halogenated alkanes) is 2. The van der Waals surface area contributed by atoms with E-state index >= 15 is 0 Å². The first-order valence-electron chi connectivity index (χ1n) is 5.30. The van der Waals surface area contributed by atoms with E-state index in [1.807, 2.05) is 20.8 Å². The van der Waals surface area contributed by atoms with Crippen LogP contribution in [0.1, 0.15) is 60.3 Å². The van der Waals surface area contributed by atoms with Gasteiger partial charge in [-0.3, -0.25) is 0 Å². The lowest BCUT2D eigenvalue weighted by atomic mass is 10.1. The first-order valence-corrected chi connectivity index (χ1v) is 5.30. The quantitative estimate of drug-likeness (QED) is 0.359. The summed E-state index contributed by atoms with van der Waals surface area (Å²) >= 11 is 0. The summed E-state index contributed by atoms with van der Waals surface area (Å²) in [6.07, 6.45) is 5.07. The number of hydrogen-bond acceptors (Lipinski definition) is 2. The van der Waals surface area contributed by atoms with Crippen LogP contribution in [-0.4, -0.2) is 11.7 Å². The minimum atomic E-state index is -0.195. The van der Waals surface area contributed by atoms with Gasteiger partial charge >= 0.3 is 0 Å². The minimum absolute atomic E-state index is 0.195. The van der Waals surface area contributed by atoms with Gasteiger partial charge in [0.25, 0.3) is 0 Å². The molecule has 0 rings (SSSR count). The Kier molecular flexibility index (Phi) is 6.35. The Morgan fingerprint density at radius 2 is 1.77 bits per heavy atom. The summed E-state index contributed by atoms with van der Waals surface area (Å²) in [4.78, 5) is 10.5. The lowest BCUT2D eigenvalue weighted by Gasteiger charge is -2.20. The van der Waals surface area contributed by atoms with Crippen LogP contribution >= 0.6 is 0 Å². The molecule has 0 amide bonds. The molecule has 0 heterocycles. The summed E-state index contributed by atoms with van der Waals surface area (Å²) in [7, 11) is 0. The Hall–Kier alpha value is -0.0800. The van der Waals surface area contributed by atoms with Crippen molar-refractivity contribution in [1.29, 1.82) is 0 Å². The lowest BCUT2D eigenvalue weighted by Crippen LogP contribution is -2.22. The monoisotopic (exact) mass is 188 g/mol. The van der Waals surface area contributed by atoms with Crippen molar-refractivity contribution in [2.75, 3.05) is 0 Å². The highest BCUT2D eigenvalue weighted by molar-refractivity contribution is 4.55. The molecule has 13 heavy (non-hydrogen) atoms. The topological polar surface area (TPSA) is 18.5 Å². The molecule has 0 spiro atoms. The van der Waals surface area contributed by atoms with Crippen LogP contribution in [0.25, 0.3) is 0 Å². The van der Waals surface area contributed by atoms with Gasteiger partial charge in [0, 0.05) is 0 Å². The number of hydrogen-bond donors (Lipinski definition) is 0. The van der Waals surface area contributed by atoms with E-state index < -0.39 is 0 Å². The Labute approximate surface area is 82.5 Å². The maximum atomic E-state index is 5.25. The highest BCUT2D eigenvalue weighted by Crippen LogP contribution is 2.12. The van der Waals surface area contributed by atoms with Crippen molar-refractivity contribution in [3.63, 3.8) is 0 Å². The molecular formula is C11H24O2.